The van der Waals surface area contributed by atoms with Crippen LogP contribution in [0.25, 0.3) is 0 Å². The van der Waals surface area contributed by atoms with Crippen molar-refractivity contribution in [3.63, 3.8) is 0 Å². The van der Waals surface area contributed by atoms with Crippen LogP contribution >= 0.6 is 0 Å². The minimum Gasteiger partial charge on any atom is -0.381 e. The second-order valence-electron chi connectivity index (χ2n) is 7.43. The van der Waals surface area contributed by atoms with E-state index < -0.39 is 6.04 Å². The Labute approximate surface area is 169 Å². The Morgan fingerprint density at radius 2 is 1.86 bits per heavy atom. The van der Waals surface area contributed by atoms with Crippen LogP contribution in [0.2, 0.25) is 0 Å². The molecular formula is C22H24N4O3. The fourth-order valence-electron chi connectivity index (χ4n) is 3.98. The van der Waals surface area contributed by atoms with Gasteiger partial charge in [-0.25, -0.2) is 0 Å². The van der Waals surface area contributed by atoms with Crippen molar-refractivity contribution in [2.24, 2.45) is 0 Å². The highest BCUT2D eigenvalue weighted by Crippen LogP contribution is 2.30. The van der Waals surface area contributed by atoms with Gasteiger partial charge in [0, 0.05) is 37.3 Å². The number of nitrogens with zero attached hydrogens (tertiary/aromatic N) is 1. The Morgan fingerprint density at radius 3 is 2.59 bits per heavy atom. The highest BCUT2D eigenvalue weighted by atomic mass is 16.2. The summed E-state index contributed by atoms with van der Waals surface area (Å²) in [5.74, 6) is -0.805. The lowest BCUT2D eigenvalue weighted by atomic mass is 10.0. The van der Waals surface area contributed by atoms with Gasteiger partial charge >= 0.3 is 0 Å². The van der Waals surface area contributed by atoms with E-state index >= 15 is 0 Å². The third-order valence-electron chi connectivity index (χ3n) is 5.46. The molecule has 3 amide bonds. The number of carbonyl (C=O) groups excluding carboxylic acids is 3. The molecule has 0 aromatic heterocycles. The Morgan fingerprint density at radius 1 is 1.07 bits per heavy atom. The van der Waals surface area contributed by atoms with Crippen molar-refractivity contribution in [2.45, 2.75) is 38.5 Å². The molecule has 2 heterocycles. The van der Waals surface area contributed by atoms with E-state index in [1.807, 2.05) is 37.4 Å². The molecule has 0 spiro atoms. The molecule has 1 atom stereocenters. The van der Waals surface area contributed by atoms with Crippen LogP contribution in [0, 0.1) is 0 Å². The number of hydrogen-bond donors (Lipinski definition) is 3. The summed E-state index contributed by atoms with van der Waals surface area (Å²) < 4.78 is 0. The molecule has 4 rings (SSSR count). The molecule has 0 radical (unpaired) electrons. The van der Waals surface area contributed by atoms with E-state index in [0.29, 0.717) is 25.1 Å². The average molecular weight is 392 g/mol. The van der Waals surface area contributed by atoms with Gasteiger partial charge in [0.05, 0.1) is 0 Å². The molecule has 2 aromatic carbocycles. The summed E-state index contributed by atoms with van der Waals surface area (Å²) in [5.41, 5.74) is 4.67. The fourth-order valence-corrected chi connectivity index (χ4v) is 3.98. The number of carbonyl (C=O) groups is 3. The van der Waals surface area contributed by atoms with Gasteiger partial charge < -0.3 is 15.5 Å². The lowest BCUT2D eigenvalue weighted by Crippen LogP contribution is -2.52. The number of hydrogen-bond acceptors (Lipinski definition) is 5. The topological polar surface area (TPSA) is 90.5 Å². The SMILES string of the molecule is CNCc1ccc(NCc2cccc3c2C(=O)N(C2CCC(=O)NC2=O)C3)cc1. The smallest absolute Gasteiger partial charge is 0.255 e. The van der Waals surface area contributed by atoms with Crippen LogP contribution in [-0.4, -0.2) is 35.7 Å². The third-order valence-corrected chi connectivity index (χ3v) is 5.46. The van der Waals surface area contributed by atoms with E-state index in [1.54, 1.807) is 4.90 Å². The predicted octanol–water partition coefficient (Wildman–Crippen LogP) is 1.78. The molecule has 29 heavy (non-hydrogen) atoms. The summed E-state index contributed by atoms with van der Waals surface area (Å²) in [6.07, 6.45) is 0.630. The molecule has 2 aromatic rings. The number of imide groups is 1. The molecule has 1 saturated heterocycles. The first-order valence-electron chi connectivity index (χ1n) is 9.79. The van der Waals surface area contributed by atoms with Gasteiger partial charge in [0.25, 0.3) is 5.91 Å². The van der Waals surface area contributed by atoms with E-state index in [1.165, 1.54) is 5.56 Å². The van der Waals surface area contributed by atoms with Gasteiger partial charge in [-0.2, -0.15) is 0 Å². The minimum absolute atomic E-state index is 0.142. The number of fused-ring (bicyclic) bond motifs is 1. The van der Waals surface area contributed by atoms with Crippen LogP contribution in [0.5, 0.6) is 0 Å². The van der Waals surface area contributed by atoms with Crippen molar-refractivity contribution >= 4 is 23.4 Å². The zero-order valence-electron chi connectivity index (χ0n) is 16.3. The summed E-state index contributed by atoms with van der Waals surface area (Å²) in [6, 6.07) is 13.4. The van der Waals surface area contributed by atoms with Crippen LogP contribution in [0.15, 0.2) is 42.5 Å². The Hall–Kier alpha value is -3.19. The molecule has 2 aliphatic heterocycles. The van der Waals surface area contributed by atoms with Gasteiger partial charge in [0.2, 0.25) is 11.8 Å². The molecule has 1 fully saturated rings. The molecule has 3 N–H and O–H groups in total. The Kier molecular flexibility index (Phi) is 5.31. The zero-order chi connectivity index (χ0) is 20.4. The zero-order valence-corrected chi connectivity index (χ0v) is 16.3. The molecule has 2 aliphatic rings. The summed E-state index contributed by atoms with van der Waals surface area (Å²) in [5, 5.41) is 8.84. The Bertz CT molecular complexity index is 955. The van der Waals surface area contributed by atoms with Crippen LogP contribution in [-0.2, 0) is 29.2 Å². The van der Waals surface area contributed by atoms with Crippen LogP contribution in [0.4, 0.5) is 5.69 Å². The lowest BCUT2D eigenvalue weighted by molar-refractivity contribution is -0.136. The van der Waals surface area contributed by atoms with E-state index in [9.17, 15) is 14.4 Å². The largest absolute Gasteiger partial charge is 0.381 e. The van der Waals surface area contributed by atoms with E-state index in [4.69, 9.17) is 0 Å². The van der Waals surface area contributed by atoms with Gasteiger partial charge in [-0.15, -0.1) is 0 Å². The van der Waals surface area contributed by atoms with Gasteiger partial charge in [0.1, 0.15) is 6.04 Å². The number of rotatable bonds is 6. The first-order chi connectivity index (χ1) is 14.1. The van der Waals surface area contributed by atoms with Crippen molar-refractivity contribution in [3.05, 3.63) is 64.7 Å². The van der Waals surface area contributed by atoms with E-state index in [-0.39, 0.29) is 24.1 Å². The quantitative estimate of drug-likeness (QED) is 0.652. The second-order valence-corrected chi connectivity index (χ2v) is 7.43. The van der Waals surface area contributed by atoms with E-state index in [0.717, 1.165) is 23.4 Å². The molecule has 7 nitrogen and oxygen atoms in total. The maximum atomic E-state index is 13.1. The maximum absolute atomic E-state index is 13.1. The number of benzene rings is 2. The van der Waals surface area contributed by atoms with Crippen molar-refractivity contribution in [1.29, 1.82) is 0 Å². The number of anilines is 1. The molecule has 150 valence electrons. The highest BCUT2D eigenvalue weighted by molar-refractivity contribution is 6.06. The van der Waals surface area contributed by atoms with Crippen LogP contribution < -0.4 is 16.0 Å². The molecule has 0 aliphatic carbocycles. The minimum atomic E-state index is -0.590. The van der Waals surface area contributed by atoms with Gasteiger partial charge in [-0.1, -0.05) is 30.3 Å². The summed E-state index contributed by atoms with van der Waals surface area (Å²) in [7, 11) is 1.91. The first-order valence-corrected chi connectivity index (χ1v) is 9.79. The maximum Gasteiger partial charge on any atom is 0.255 e. The number of nitrogens with one attached hydrogen (secondary N) is 3. The summed E-state index contributed by atoms with van der Waals surface area (Å²) in [4.78, 5) is 38.3. The first kappa shape index (κ1) is 19.1. The lowest BCUT2D eigenvalue weighted by Gasteiger charge is -2.29. The van der Waals surface area contributed by atoms with Gasteiger partial charge in [-0.05, 0) is 42.3 Å². The standard InChI is InChI=1S/C22H24N4O3/c1-23-11-14-5-7-17(8-6-14)24-12-15-3-2-4-16-13-26(22(29)20(15)16)18-9-10-19(27)25-21(18)28/h2-8,18,23-24H,9-13H2,1H3,(H,25,27,28). The third kappa shape index (κ3) is 3.86. The van der Waals surface area contributed by atoms with Crippen molar-refractivity contribution in [3.8, 4) is 0 Å². The molecule has 0 saturated carbocycles. The van der Waals surface area contributed by atoms with Crippen molar-refractivity contribution in [2.75, 3.05) is 12.4 Å². The van der Waals surface area contributed by atoms with Gasteiger partial charge in [0.15, 0.2) is 0 Å². The Balaban J connectivity index is 1.48. The predicted molar refractivity (Wildman–Crippen MR) is 109 cm³/mol. The van der Waals surface area contributed by atoms with Crippen LogP contribution in [0.3, 0.4) is 0 Å². The van der Waals surface area contributed by atoms with Crippen molar-refractivity contribution < 1.29 is 14.4 Å². The highest BCUT2D eigenvalue weighted by Gasteiger charge is 2.39. The van der Waals surface area contributed by atoms with Crippen molar-refractivity contribution in [1.82, 2.24) is 15.5 Å². The normalized spacial score (nSPS) is 18.6. The fraction of sp³-hybridized carbons (Fsp3) is 0.318. The summed E-state index contributed by atoms with van der Waals surface area (Å²) >= 11 is 0. The number of amides is 3. The molecule has 1 unspecified atom stereocenters. The van der Waals surface area contributed by atoms with Crippen LogP contribution in [0.1, 0.15) is 39.9 Å². The average Bonchev–Trinajstić information content (AvgIpc) is 3.05. The summed E-state index contributed by atoms with van der Waals surface area (Å²) in [6.45, 7) is 1.73. The van der Waals surface area contributed by atoms with Gasteiger partial charge in [-0.3, -0.25) is 19.7 Å². The monoisotopic (exact) mass is 392 g/mol. The molecule has 7 heteroatoms. The second kappa shape index (κ2) is 8.05. The molecular weight excluding hydrogens is 368 g/mol. The molecule has 0 bridgehead atoms. The van der Waals surface area contributed by atoms with E-state index in [2.05, 4.69) is 28.1 Å². The number of piperidine rings is 1.